The van der Waals surface area contributed by atoms with Gasteiger partial charge in [0, 0.05) is 12.5 Å². The minimum absolute atomic E-state index is 0. The van der Waals surface area contributed by atoms with Gasteiger partial charge < -0.3 is 5.32 Å². The van der Waals surface area contributed by atoms with E-state index < -0.39 is 0 Å². The SMILES string of the molecule is CC(C1=NCCN1)c1ccc(-c2ccccc2)cc1.Cl. The maximum Gasteiger partial charge on any atom is 0.104 e. The van der Waals surface area contributed by atoms with Crippen LogP contribution in [0.2, 0.25) is 0 Å². The zero-order chi connectivity index (χ0) is 13.1. The molecule has 0 saturated carbocycles. The summed E-state index contributed by atoms with van der Waals surface area (Å²) < 4.78 is 0. The summed E-state index contributed by atoms with van der Waals surface area (Å²) in [6, 6.07) is 19.3. The molecule has 2 nitrogen and oxygen atoms in total. The van der Waals surface area contributed by atoms with Crippen molar-refractivity contribution in [2.24, 2.45) is 4.99 Å². The zero-order valence-corrected chi connectivity index (χ0v) is 12.4. The van der Waals surface area contributed by atoms with Crippen LogP contribution in [0.15, 0.2) is 59.6 Å². The van der Waals surface area contributed by atoms with E-state index in [0.717, 1.165) is 18.9 Å². The number of benzene rings is 2. The molecule has 1 unspecified atom stereocenters. The van der Waals surface area contributed by atoms with Gasteiger partial charge in [-0.2, -0.15) is 0 Å². The highest BCUT2D eigenvalue weighted by molar-refractivity contribution is 5.89. The molecular formula is C17H19ClN2. The largest absolute Gasteiger partial charge is 0.371 e. The zero-order valence-electron chi connectivity index (χ0n) is 11.5. The molecule has 1 N–H and O–H groups in total. The maximum atomic E-state index is 4.50. The number of hydrogen-bond donors (Lipinski definition) is 1. The van der Waals surface area contributed by atoms with Crippen LogP contribution >= 0.6 is 12.4 Å². The molecule has 0 aromatic heterocycles. The number of nitrogens with zero attached hydrogens (tertiary/aromatic N) is 1. The summed E-state index contributed by atoms with van der Waals surface area (Å²) in [5.41, 5.74) is 3.84. The summed E-state index contributed by atoms with van der Waals surface area (Å²) in [7, 11) is 0. The van der Waals surface area contributed by atoms with Gasteiger partial charge in [0.25, 0.3) is 0 Å². The van der Waals surface area contributed by atoms with Crippen molar-refractivity contribution < 1.29 is 0 Å². The normalized spacial score (nSPS) is 14.9. The molecular weight excluding hydrogens is 268 g/mol. The Morgan fingerprint density at radius 1 is 0.950 bits per heavy atom. The van der Waals surface area contributed by atoms with E-state index in [-0.39, 0.29) is 12.4 Å². The third-order valence-electron chi connectivity index (χ3n) is 3.63. The Kier molecular flexibility index (Phi) is 4.80. The van der Waals surface area contributed by atoms with Gasteiger partial charge in [-0.05, 0) is 16.7 Å². The van der Waals surface area contributed by atoms with Crippen molar-refractivity contribution in [3.8, 4) is 11.1 Å². The summed E-state index contributed by atoms with van der Waals surface area (Å²) in [6.45, 7) is 4.08. The topological polar surface area (TPSA) is 24.4 Å². The Morgan fingerprint density at radius 2 is 1.60 bits per heavy atom. The first-order valence-electron chi connectivity index (χ1n) is 6.78. The van der Waals surface area contributed by atoms with Gasteiger partial charge in [-0.1, -0.05) is 61.5 Å². The third-order valence-corrected chi connectivity index (χ3v) is 3.63. The van der Waals surface area contributed by atoms with Crippen molar-refractivity contribution in [3.05, 3.63) is 60.2 Å². The lowest BCUT2D eigenvalue weighted by Gasteiger charge is -2.13. The fraction of sp³-hybridized carbons (Fsp3) is 0.235. The van der Waals surface area contributed by atoms with Crippen LogP contribution < -0.4 is 5.32 Å². The van der Waals surface area contributed by atoms with E-state index in [4.69, 9.17) is 0 Å². The predicted molar refractivity (Wildman–Crippen MR) is 87.8 cm³/mol. The summed E-state index contributed by atoms with van der Waals surface area (Å²) in [5.74, 6) is 1.47. The van der Waals surface area contributed by atoms with Gasteiger partial charge in [0.15, 0.2) is 0 Å². The monoisotopic (exact) mass is 286 g/mol. The molecule has 1 aliphatic heterocycles. The first-order valence-corrected chi connectivity index (χ1v) is 6.78. The van der Waals surface area contributed by atoms with Gasteiger partial charge in [-0.15, -0.1) is 12.4 Å². The van der Waals surface area contributed by atoms with Crippen LogP contribution in [0.4, 0.5) is 0 Å². The van der Waals surface area contributed by atoms with E-state index in [1.807, 2.05) is 6.07 Å². The highest BCUT2D eigenvalue weighted by atomic mass is 35.5. The number of amidine groups is 1. The number of aliphatic imine (C=N–C) groups is 1. The quantitative estimate of drug-likeness (QED) is 0.910. The maximum absolute atomic E-state index is 4.50. The van der Waals surface area contributed by atoms with Crippen LogP contribution in [0.5, 0.6) is 0 Å². The van der Waals surface area contributed by atoms with Gasteiger partial charge in [-0.3, -0.25) is 4.99 Å². The number of nitrogens with one attached hydrogen (secondary N) is 1. The van der Waals surface area contributed by atoms with Crippen LogP contribution in [0.3, 0.4) is 0 Å². The van der Waals surface area contributed by atoms with Crippen molar-refractivity contribution in [1.29, 1.82) is 0 Å². The Balaban J connectivity index is 0.00000147. The van der Waals surface area contributed by atoms with Crippen LogP contribution in [-0.4, -0.2) is 18.9 Å². The van der Waals surface area contributed by atoms with E-state index in [1.54, 1.807) is 0 Å². The lowest BCUT2D eigenvalue weighted by Crippen LogP contribution is -2.23. The van der Waals surface area contributed by atoms with Crippen molar-refractivity contribution in [1.82, 2.24) is 5.32 Å². The smallest absolute Gasteiger partial charge is 0.104 e. The molecule has 2 aromatic rings. The van der Waals surface area contributed by atoms with Gasteiger partial charge in [0.1, 0.15) is 5.84 Å². The van der Waals surface area contributed by atoms with Crippen molar-refractivity contribution in [3.63, 3.8) is 0 Å². The molecule has 0 aliphatic carbocycles. The van der Waals surface area contributed by atoms with Crippen molar-refractivity contribution in [2.45, 2.75) is 12.8 Å². The molecule has 1 heterocycles. The van der Waals surface area contributed by atoms with Crippen LogP contribution in [0, 0.1) is 0 Å². The van der Waals surface area contributed by atoms with Gasteiger partial charge >= 0.3 is 0 Å². The summed E-state index contributed by atoms with van der Waals surface area (Å²) in [6.07, 6.45) is 0. The predicted octanol–water partition coefficient (Wildman–Crippen LogP) is 3.88. The highest BCUT2D eigenvalue weighted by Crippen LogP contribution is 2.23. The molecule has 1 aliphatic rings. The Morgan fingerprint density at radius 3 is 2.20 bits per heavy atom. The summed E-state index contributed by atoms with van der Waals surface area (Å²) in [5, 5.41) is 3.35. The number of rotatable bonds is 3. The second-order valence-corrected chi connectivity index (χ2v) is 4.90. The molecule has 1 atom stereocenters. The van der Waals surface area contributed by atoms with E-state index in [0.29, 0.717) is 5.92 Å². The van der Waals surface area contributed by atoms with Crippen LogP contribution in [0.1, 0.15) is 18.4 Å². The van der Waals surface area contributed by atoms with Gasteiger partial charge in [0.05, 0.1) is 6.54 Å². The fourth-order valence-electron chi connectivity index (χ4n) is 2.46. The fourth-order valence-corrected chi connectivity index (χ4v) is 2.46. The van der Waals surface area contributed by atoms with Crippen LogP contribution in [-0.2, 0) is 0 Å². The van der Waals surface area contributed by atoms with Gasteiger partial charge in [0.2, 0.25) is 0 Å². The first kappa shape index (κ1) is 14.6. The minimum Gasteiger partial charge on any atom is -0.371 e. The van der Waals surface area contributed by atoms with Crippen molar-refractivity contribution >= 4 is 18.2 Å². The van der Waals surface area contributed by atoms with E-state index in [9.17, 15) is 0 Å². The average Bonchev–Trinajstić information content (AvgIpc) is 3.02. The number of hydrogen-bond acceptors (Lipinski definition) is 2. The third kappa shape index (κ3) is 3.02. The van der Waals surface area contributed by atoms with Crippen molar-refractivity contribution in [2.75, 3.05) is 13.1 Å². The standard InChI is InChI=1S/C17H18N2.ClH/c1-13(17-18-11-12-19-17)14-7-9-16(10-8-14)15-5-3-2-4-6-15;/h2-10,13H,11-12H2,1H3,(H,18,19);1H. The molecule has 0 spiro atoms. The molecule has 0 radical (unpaired) electrons. The second kappa shape index (κ2) is 6.58. The van der Waals surface area contributed by atoms with E-state index in [2.05, 4.69) is 65.8 Å². The average molecular weight is 287 g/mol. The second-order valence-electron chi connectivity index (χ2n) is 4.90. The van der Waals surface area contributed by atoms with Crippen LogP contribution in [0.25, 0.3) is 11.1 Å². The highest BCUT2D eigenvalue weighted by Gasteiger charge is 2.15. The Labute approximate surface area is 126 Å². The van der Waals surface area contributed by atoms with E-state index >= 15 is 0 Å². The Bertz CT molecular complexity index is 576. The first-order chi connectivity index (χ1) is 9.34. The Hall–Kier alpha value is -1.80. The summed E-state index contributed by atoms with van der Waals surface area (Å²) >= 11 is 0. The van der Waals surface area contributed by atoms with E-state index in [1.165, 1.54) is 16.7 Å². The lowest BCUT2D eigenvalue weighted by molar-refractivity contribution is 0.919. The van der Waals surface area contributed by atoms with Gasteiger partial charge in [-0.25, -0.2) is 0 Å². The molecule has 2 aromatic carbocycles. The molecule has 104 valence electrons. The minimum atomic E-state index is 0. The molecule has 0 fully saturated rings. The molecule has 0 bridgehead atoms. The lowest BCUT2D eigenvalue weighted by atomic mass is 9.97. The molecule has 3 rings (SSSR count). The number of halogens is 1. The molecule has 3 heteroatoms. The molecule has 0 amide bonds. The molecule has 20 heavy (non-hydrogen) atoms. The summed E-state index contributed by atoms with van der Waals surface area (Å²) in [4.78, 5) is 4.50. The molecule has 0 saturated heterocycles.